The van der Waals surface area contributed by atoms with Gasteiger partial charge in [-0.1, -0.05) is 45.0 Å². The first-order valence-electron chi connectivity index (χ1n) is 9.84. The maximum Gasteiger partial charge on any atom is 0.271 e. The second kappa shape index (κ2) is 9.53. The number of benzene rings is 2. The predicted molar refractivity (Wildman–Crippen MR) is 125 cm³/mol. The molecule has 3 aromatic rings. The van der Waals surface area contributed by atoms with Crippen molar-refractivity contribution in [3.8, 4) is 5.75 Å². The summed E-state index contributed by atoms with van der Waals surface area (Å²) in [6.45, 7) is 7.07. The topological polar surface area (TPSA) is 84.5 Å². The van der Waals surface area contributed by atoms with Gasteiger partial charge in [-0.15, -0.1) is 11.3 Å². The average Bonchev–Trinajstić information content (AvgIpc) is 3.27. The average molecular weight is 459 g/mol. The molecule has 0 aliphatic rings. The number of para-hydroxylation sites is 1. The molecule has 2 N–H and O–H groups in total. The van der Waals surface area contributed by atoms with Crippen molar-refractivity contribution in [3.05, 3.63) is 77.2 Å². The maximum absolute atomic E-state index is 12.4. The highest BCUT2D eigenvalue weighted by Gasteiger charge is 2.18. The van der Waals surface area contributed by atoms with Gasteiger partial charge in [-0.05, 0) is 52.8 Å². The molecule has 1 heterocycles. The molecule has 0 fully saturated rings. The number of hydrogen-bond acceptors (Lipinski definition) is 5. The fourth-order valence-corrected chi connectivity index (χ4v) is 5.00. The van der Waals surface area contributed by atoms with Crippen LogP contribution in [0.5, 0.6) is 5.75 Å². The Morgan fingerprint density at radius 2 is 1.71 bits per heavy atom. The molecule has 0 saturated heterocycles. The van der Waals surface area contributed by atoms with E-state index in [9.17, 15) is 13.2 Å². The Balaban J connectivity index is 1.52. The van der Waals surface area contributed by atoms with Gasteiger partial charge in [0.1, 0.15) is 16.6 Å². The molecule has 31 heavy (non-hydrogen) atoms. The van der Waals surface area contributed by atoms with Crippen molar-refractivity contribution >= 4 is 33.0 Å². The largest absolute Gasteiger partial charge is 0.491 e. The molecule has 0 spiro atoms. The molecule has 0 unspecified atom stereocenters. The van der Waals surface area contributed by atoms with E-state index >= 15 is 0 Å². The highest BCUT2D eigenvalue weighted by atomic mass is 32.2. The molecule has 2 aromatic carbocycles. The summed E-state index contributed by atoms with van der Waals surface area (Å²) in [5.74, 6) is 0.562. The minimum absolute atomic E-state index is 0.0351. The van der Waals surface area contributed by atoms with E-state index in [2.05, 4.69) is 30.8 Å². The summed E-state index contributed by atoms with van der Waals surface area (Å²) >= 11 is 1.14. The zero-order chi connectivity index (χ0) is 22.5. The first-order valence-corrected chi connectivity index (χ1v) is 12.2. The van der Waals surface area contributed by atoms with Crippen molar-refractivity contribution in [1.82, 2.24) is 5.32 Å². The van der Waals surface area contributed by atoms with Crippen LogP contribution in [0.3, 0.4) is 0 Å². The van der Waals surface area contributed by atoms with Crippen LogP contribution in [0.15, 0.2) is 70.3 Å². The van der Waals surface area contributed by atoms with Gasteiger partial charge in [-0.3, -0.25) is 9.52 Å². The SMILES string of the molecule is CC(C)(C)c1ccccc1OCCNC(=O)c1ccc(NS(=O)(=O)c2cccs2)cc1. The summed E-state index contributed by atoms with van der Waals surface area (Å²) in [6.07, 6.45) is 0. The van der Waals surface area contributed by atoms with Crippen LogP contribution < -0.4 is 14.8 Å². The number of carbonyl (C=O) groups is 1. The van der Waals surface area contributed by atoms with Crippen molar-refractivity contribution in [3.63, 3.8) is 0 Å². The lowest BCUT2D eigenvalue weighted by molar-refractivity contribution is 0.0947. The molecule has 3 rings (SSSR count). The Hall–Kier alpha value is -2.84. The van der Waals surface area contributed by atoms with Crippen molar-refractivity contribution in [1.29, 1.82) is 0 Å². The minimum atomic E-state index is -3.61. The molecule has 164 valence electrons. The van der Waals surface area contributed by atoms with Crippen molar-refractivity contribution in [2.75, 3.05) is 17.9 Å². The summed E-state index contributed by atoms with van der Waals surface area (Å²) in [5, 5.41) is 4.52. The van der Waals surface area contributed by atoms with Crippen LogP contribution in [0.4, 0.5) is 5.69 Å². The summed E-state index contributed by atoms with van der Waals surface area (Å²) in [5.41, 5.74) is 1.91. The molecule has 0 aliphatic carbocycles. The summed E-state index contributed by atoms with van der Waals surface area (Å²) in [6, 6.07) is 17.4. The fourth-order valence-electron chi connectivity index (χ4n) is 2.95. The van der Waals surface area contributed by atoms with Crippen LogP contribution in [0.1, 0.15) is 36.7 Å². The Morgan fingerprint density at radius 1 is 1.00 bits per heavy atom. The van der Waals surface area contributed by atoms with Crippen molar-refractivity contribution < 1.29 is 17.9 Å². The Kier molecular flexibility index (Phi) is 7.02. The molecular weight excluding hydrogens is 432 g/mol. The van der Waals surface area contributed by atoms with Crippen LogP contribution in [-0.2, 0) is 15.4 Å². The van der Waals surface area contributed by atoms with Crippen LogP contribution >= 0.6 is 11.3 Å². The van der Waals surface area contributed by atoms with Crippen LogP contribution in [-0.4, -0.2) is 27.5 Å². The number of thiophene rings is 1. The maximum atomic E-state index is 12.4. The fraction of sp³-hybridized carbons (Fsp3) is 0.261. The molecule has 0 bridgehead atoms. The molecule has 1 aromatic heterocycles. The van der Waals surface area contributed by atoms with Crippen LogP contribution in [0.2, 0.25) is 0 Å². The lowest BCUT2D eigenvalue weighted by atomic mass is 9.86. The van der Waals surface area contributed by atoms with E-state index in [-0.39, 0.29) is 15.5 Å². The van der Waals surface area contributed by atoms with E-state index in [0.29, 0.717) is 24.4 Å². The van der Waals surface area contributed by atoms with Gasteiger partial charge in [0, 0.05) is 11.3 Å². The molecule has 0 radical (unpaired) electrons. The van der Waals surface area contributed by atoms with Gasteiger partial charge in [0.2, 0.25) is 0 Å². The summed E-state index contributed by atoms with van der Waals surface area (Å²) in [7, 11) is -3.61. The number of hydrogen-bond donors (Lipinski definition) is 2. The van der Waals surface area contributed by atoms with E-state index in [0.717, 1.165) is 22.6 Å². The zero-order valence-corrected chi connectivity index (χ0v) is 19.3. The van der Waals surface area contributed by atoms with E-state index in [1.165, 1.54) is 6.07 Å². The highest BCUT2D eigenvalue weighted by Crippen LogP contribution is 2.30. The second-order valence-electron chi connectivity index (χ2n) is 7.97. The Labute approximate surface area is 187 Å². The van der Waals surface area contributed by atoms with E-state index in [1.807, 2.05) is 24.3 Å². The molecule has 6 nitrogen and oxygen atoms in total. The third kappa shape index (κ3) is 6.08. The van der Waals surface area contributed by atoms with E-state index in [4.69, 9.17) is 4.74 Å². The molecular formula is C23H26N2O4S2. The van der Waals surface area contributed by atoms with Gasteiger partial charge in [0.15, 0.2) is 0 Å². The number of anilines is 1. The van der Waals surface area contributed by atoms with Gasteiger partial charge in [-0.2, -0.15) is 0 Å². The highest BCUT2D eigenvalue weighted by molar-refractivity contribution is 7.94. The molecule has 0 atom stereocenters. The van der Waals surface area contributed by atoms with Crippen molar-refractivity contribution in [2.45, 2.75) is 30.4 Å². The van der Waals surface area contributed by atoms with Gasteiger partial charge in [0.25, 0.3) is 15.9 Å². The Bertz CT molecular complexity index is 1120. The number of rotatable bonds is 8. The van der Waals surface area contributed by atoms with Crippen molar-refractivity contribution in [2.24, 2.45) is 0 Å². The second-order valence-corrected chi connectivity index (χ2v) is 10.8. The number of carbonyl (C=O) groups excluding carboxylic acids is 1. The number of ether oxygens (including phenoxy) is 1. The molecule has 8 heteroatoms. The Morgan fingerprint density at radius 3 is 2.35 bits per heavy atom. The molecule has 0 aliphatic heterocycles. The monoisotopic (exact) mass is 458 g/mol. The molecule has 1 amide bonds. The standard InChI is InChI=1S/C23H26N2O4S2/c1-23(2,3)19-7-4-5-8-20(19)29-15-14-24-22(26)17-10-12-18(13-11-17)25-31(27,28)21-9-6-16-30-21/h4-13,16,25H,14-15H2,1-3H3,(H,24,26). The van der Waals surface area contributed by atoms with Gasteiger partial charge in [-0.25, -0.2) is 8.42 Å². The van der Waals surface area contributed by atoms with Gasteiger partial charge < -0.3 is 10.1 Å². The molecule has 0 saturated carbocycles. The lowest BCUT2D eigenvalue weighted by Gasteiger charge is -2.22. The third-order valence-corrected chi connectivity index (χ3v) is 7.28. The summed E-state index contributed by atoms with van der Waals surface area (Å²) < 4.78 is 33.1. The third-order valence-electron chi connectivity index (χ3n) is 4.50. The first kappa shape index (κ1) is 22.8. The van der Waals surface area contributed by atoms with Crippen LogP contribution in [0.25, 0.3) is 0 Å². The van der Waals surface area contributed by atoms with E-state index in [1.54, 1.807) is 35.7 Å². The smallest absolute Gasteiger partial charge is 0.271 e. The normalized spacial score (nSPS) is 11.7. The van der Waals surface area contributed by atoms with E-state index < -0.39 is 10.0 Å². The van der Waals surface area contributed by atoms with Gasteiger partial charge >= 0.3 is 0 Å². The quantitative estimate of drug-likeness (QED) is 0.481. The summed E-state index contributed by atoms with van der Waals surface area (Å²) in [4.78, 5) is 12.4. The number of amides is 1. The predicted octanol–water partition coefficient (Wildman–Crippen LogP) is 4.66. The van der Waals surface area contributed by atoms with Gasteiger partial charge in [0.05, 0.1) is 6.54 Å². The zero-order valence-electron chi connectivity index (χ0n) is 17.7. The first-order chi connectivity index (χ1) is 14.7. The number of nitrogens with one attached hydrogen (secondary N) is 2. The van der Waals surface area contributed by atoms with Crippen LogP contribution in [0, 0.1) is 0 Å². The minimum Gasteiger partial charge on any atom is -0.491 e. The lowest BCUT2D eigenvalue weighted by Crippen LogP contribution is -2.28. The number of sulfonamides is 1.